The molecule has 17 heavy (non-hydrogen) atoms. The molecule has 0 bridgehead atoms. The van der Waals surface area contributed by atoms with Gasteiger partial charge in [0.05, 0.1) is 23.4 Å². The molecule has 1 aromatic carbocycles. The Labute approximate surface area is 113 Å². The molecule has 0 atom stereocenters. The standard InChI is InChI=1S/C10H8Cl3NO3/c1-17-10(16)6-2-5(12)3-7(13)9(6)14-8(15)4-11/h2-3H,4H2,1H3,(H,14,15). The molecule has 0 aliphatic rings. The summed E-state index contributed by atoms with van der Waals surface area (Å²) in [6.45, 7) is 0. The zero-order chi connectivity index (χ0) is 13.0. The van der Waals surface area contributed by atoms with E-state index in [4.69, 9.17) is 34.8 Å². The molecule has 1 aromatic rings. The number of ether oxygens (including phenoxy) is 1. The Morgan fingerprint density at radius 1 is 1.35 bits per heavy atom. The molecule has 0 saturated carbocycles. The van der Waals surface area contributed by atoms with Crippen molar-refractivity contribution in [2.75, 3.05) is 18.3 Å². The van der Waals surface area contributed by atoms with Gasteiger partial charge in [0.1, 0.15) is 5.88 Å². The monoisotopic (exact) mass is 295 g/mol. The number of alkyl halides is 1. The predicted molar refractivity (Wildman–Crippen MR) is 67.2 cm³/mol. The van der Waals surface area contributed by atoms with Crippen molar-refractivity contribution < 1.29 is 14.3 Å². The van der Waals surface area contributed by atoms with Gasteiger partial charge in [0.2, 0.25) is 5.91 Å². The smallest absolute Gasteiger partial charge is 0.340 e. The van der Waals surface area contributed by atoms with Crippen LogP contribution in [-0.4, -0.2) is 24.9 Å². The van der Waals surface area contributed by atoms with Gasteiger partial charge in [-0.25, -0.2) is 4.79 Å². The summed E-state index contributed by atoms with van der Waals surface area (Å²) in [5, 5.41) is 2.81. The number of hydrogen-bond donors (Lipinski definition) is 1. The van der Waals surface area contributed by atoms with E-state index in [2.05, 4.69) is 10.1 Å². The summed E-state index contributed by atoms with van der Waals surface area (Å²) in [4.78, 5) is 22.7. The number of benzene rings is 1. The summed E-state index contributed by atoms with van der Waals surface area (Å²) in [6.07, 6.45) is 0. The minimum atomic E-state index is -0.653. The number of anilines is 1. The average molecular weight is 297 g/mol. The lowest BCUT2D eigenvalue weighted by molar-refractivity contribution is -0.113. The van der Waals surface area contributed by atoms with Crippen LogP contribution in [0.3, 0.4) is 0 Å². The molecule has 1 N–H and O–H groups in total. The van der Waals surface area contributed by atoms with Crippen molar-refractivity contribution in [2.45, 2.75) is 0 Å². The Kier molecular flexibility index (Phi) is 5.05. The number of amides is 1. The first-order valence-corrected chi connectivity index (χ1v) is 5.71. The van der Waals surface area contributed by atoms with Gasteiger partial charge in [0.25, 0.3) is 0 Å². The van der Waals surface area contributed by atoms with Crippen LogP contribution in [0.5, 0.6) is 0 Å². The number of halogens is 3. The van der Waals surface area contributed by atoms with Crippen molar-refractivity contribution in [3.63, 3.8) is 0 Å². The highest BCUT2D eigenvalue weighted by molar-refractivity contribution is 6.38. The van der Waals surface area contributed by atoms with Crippen molar-refractivity contribution in [3.8, 4) is 0 Å². The minimum absolute atomic E-state index is 0.0727. The highest BCUT2D eigenvalue weighted by Crippen LogP contribution is 2.30. The molecule has 0 heterocycles. The Hall–Kier alpha value is -0.970. The number of carbonyl (C=O) groups excluding carboxylic acids is 2. The maximum atomic E-state index is 11.5. The Morgan fingerprint density at radius 2 is 2.00 bits per heavy atom. The van der Waals surface area contributed by atoms with Gasteiger partial charge in [-0.2, -0.15) is 0 Å². The lowest BCUT2D eigenvalue weighted by Gasteiger charge is -2.11. The molecule has 7 heteroatoms. The van der Waals surface area contributed by atoms with Gasteiger partial charge >= 0.3 is 5.97 Å². The first-order valence-electron chi connectivity index (χ1n) is 4.42. The molecule has 0 saturated heterocycles. The van der Waals surface area contributed by atoms with Crippen molar-refractivity contribution in [1.29, 1.82) is 0 Å². The Balaban J connectivity index is 3.25. The van der Waals surface area contributed by atoms with Crippen molar-refractivity contribution in [1.82, 2.24) is 0 Å². The van der Waals surface area contributed by atoms with Gasteiger partial charge < -0.3 is 10.1 Å². The summed E-state index contributed by atoms with van der Waals surface area (Å²) in [5.41, 5.74) is 0.206. The maximum absolute atomic E-state index is 11.5. The first-order chi connectivity index (χ1) is 7.99. The normalized spacial score (nSPS) is 9.88. The van der Waals surface area contributed by atoms with Crippen LogP contribution in [0.4, 0.5) is 5.69 Å². The zero-order valence-electron chi connectivity index (χ0n) is 8.72. The van der Waals surface area contributed by atoms with Crippen molar-refractivity contribution in [3.05, 3.63) is 27.7 Å². The quantitative estimate of drug-likeness (QED) is 0.689. The number of nitrogens with one attached hydrogen (secondary N) is 1. The van der Waals surface area contributed by atoms with E-state index < -0.39 is 11.9 Å². The summed E-state index contributed by atoms with van der Waals surface area (Å²) < 4.78 is 4.56. The molecule has 92 valence electrons. The molecular weight excluding hydrogens is 288 g/mol. The summed E-state index contributed by atoms with van der Waals surface area (Å²) in [6, 6.07) is 2.75. The molecular formula is C10H8Cl3NO3. The molecule has 0 spiro atoms. The van der Waals surface area contributed by atoms with E-state index >= 15 is 0 Å². The highest BCUT2D eigenvalue weighted by Gasteiger charge is 2.18. The van der Waals surface area contributed by atoms with Crippen LogP contribution in [0.1, 0.15) is 10.4 Å². The molecule has 0 aromatic heterocycles. The molecule has 4 nitrogen and oxygen atoms in total. The molecule has 1 amide bonds. The molecule has 0 radical (unpaired) electrons. The van der Waals surface area contributed by atoms with Gasteiger partial charge in [-0.3, -0.25) is 4.79 Å². The third-order valence-corrected chi connectivity index (χ3v) is 2.61. The molecule has 0 fully saturated rings. The topological polar surface area (TPSA) is 55.4 Å². The highest BCUT2D eigenvalue weighted by atomic mass is 35.5. The van der Waals surface area contributed by atoms with E-state index in [0.29, 0.717) is 0 Å². The largest absolute Gasteiger partial charge is 0.465 e. The van der Waals surface area contributed by atoms with E-state index in [-0.39, 0.29) is 27.2 Å². The molecule has 0 unspecified atom stereocenters. The number of hydrogen-bond acceptors (Lipinski definition) is 3. The van der Waals surface area contributed by atoms with Gasteiger partial charge in [0, 0.05) is 5.02 Å². The maximum Gasteiger partial charge on any atom is 0.340 e. The Bertz CT molecular complexity index is 462. The summed E-state index contributed by atoms with van der Waals surface area (Å²) in [5.74, 6) is -1.39. The molecule has 0 aliphatic heterocycles. The van der Waals surface area contributed by atoms with Crippen LogP contribution < -0.4 is 5.32 Å². The average Bonchev–Trinajstić information content (AvgIpc) is 2.30. The minimum Gasteiger partial charge on any atom is -0.465 e. The third-order valence-electron chi connectivity index (χ3n) is 1.85. The van der Waals surface area contributed by atoms with E-state index in [1.807, 2.05) is 0 Å². The van der Waals surface area contributed by atoms with Gasteiger partial charge in [0.15, 0.2) is 0 Å². The fraction of sp³-hybridized carbons (Fsp3) is 0.200. The van der Waals surface area contributed by atoms with Crippen LogP contribution in [0.15, 0.2) is 12.1 Å². The van der Waals surface area contributed by atoms with Crippen LogP contribution in [0.2, 0.25) is 10.0 Å². The third kappa shape index (κ3) is 3.49. The number of methoxy groups -OCH3 is 1. The SMILES string of the molecule is COC(=O)c1cc(Cl)cc(Cl)c1NC(=O)CCl. The fourth-order valence-electron chi connectivity index (χ4n) is 1.14. The van der Waals surface area contributed by atoms with Crippen molar-refractivity contribution >= 4 is 52.4 Å². The fourth-order valence-corrected chi connectivity index (χ4v) is 1.75. The van der Waals surface area contributed by atoms with E-state index in [0.717, 1.165) is 0 Å². The second kappa shape index (κ2) is 6.10. The Morgan fingerprint density at radius 3 is 2.53 bits per heavy atom. The van der Waals surface area contributed by atoms with Crippen LogP contribution >= 0.6 is 34.8 Å². The van der Waals surface area contributed by atoms with Crippen LogP contribution in [0, 0.1) is 0 Å². The molecule has 1 rings (SSSR count). The van der Waals surface area contributed by atoms with E-state index in [1.54, 1.807) is 0 Å². The second-order valence-electron chi connectivity index (χ2n) is 2.98. The van der Waals surface area contributed by atoms with E-state index in [9.17, 15) is 9.59 Å². The summed E-state index contributed by atoms with van der Waals surface area (Å²) >= 11 is 17.0. The zero-order valence-corrected chi connectivity index (χ0v) is 11.0. The number of carbonyl (C=O) groups is 2. The predicted octanol–water partition coefficient (Wildman–Crippen LogP) is 2.96. The second-order valence-corrected chi connectivity index (χ2v) is 4.09. The van der Waals surface area contributed by atoms with Crippen LogP contribution in [0.25, 0.3) is 0 Å². The van der Waals surface area contributed by atoms with E-state index in [1.165, 1.54) is 19.2 Å². The first kappa shape index (κ1) is 14.1. The lowest BCUT2D eigenvalue weighted by atomic mass is 10.1. The lowest BCUT2D eigenvalue weighted by Crippen LogP contribution is -2.16. The van der Waals surface area contributed by atoms with Crippen molar-refractivity contribution in [2.24, 2.45) is 0 Å². The van der Waals surface area contributed by atoms with Gasteiger partial charge in [-0.15, -0.1) is 11.6 Å². The van der Waals surface area contributed by atoms with Gasteiger partial charge in [-0.05, 0) is 12.1 Å². The number of esters is 1. The van der Waals surface area contributed by atoms with Crippen LogP contribution in [-0.2, 0) is 9.53 Å². The van der Waals surface area contributed by atoms with Gasteiger partial charge in [-0.1, -0.05) is 23.2 Å². The number of rotatable bonds is 3. The molecule has 0 aliphatic carbocycles. The summed E-state index contributed by atoms with van der Waals surface area (Å²) in [7, 11) is 1.21.